The van der Waals surface area contributed by atoms with Crippen molar-refractivity contribution in [3.8, 4) is 11.6 Å². The molecule has 1 aromatic carbocycles. The molecule has 4 rings (SSSR count). The van der Waals surface area contributed by atoms with Gasteiger partial charge in [0.1, 0.15) is 11.6 Å². The van der Waals surface area contributed by atoms with Gasteiger partial charge in [0.25, 0.3) is 0 Å². The van der Waals surface area contributed by atoms with E-state index in [4.69, 9.17) is 9.47 Å². The second kappa shape index (κ2) is 9.93. The molecule has 2 saturated carbocycles. The summed E-state index contributed by atoms with van der Waals surface area (Å²) in [6.45, 7) is 2.03. The minimum atomic E-state index is -3.09. The summed E-state index contributed by atoms with van der Waals surface area (Å²) in [6, 6.07) is 8.86. The first-order chi connectivity index (χ1) is 15.3. The lowest BCUT2D eigenvalue weighted by atomic mass is 9.79. The van der Waals surface area contributed by atoms with Crippen LogP contribution in [0.4, 0.5) is 4.39 Å². The maximum absolute atomic E-state index is 14.3. The van der Waals surface area contributed by atoms with Crippen molar-refractivity contribution < 1.29 is 23.3 Å². The Labute approximate surface area is 189 Å². The molecule has 0 bridgehead atoms. The van der Waals surface area contributed by atoms with Gasteiger partial charge in [0.05, 0.1) is 13.7 Å². The van der Waals surface area contributed by atoms with Crippen LogP contribution in [0, 0.1) is 17.7 Å². The Morgan fingerprint density at radius 3 is 2.56 bits per heavy atom. The molecule has 0 spiro atoms. The highest BCUT2D eigenvalue weighted by Gasteiger charge is 2.35. The van der Waals surface area contributed by atoms with Crippen LogP contribution in [0.5, 0.6) is 11.6 Å². The van der Waals surface area contributed by atoms with E-state index < -0.39 is 7.37 Å². The van der Waals surface area contributed by atoms with Gasteiger partial charge >= 0.3 is 0 Å². The standard InChI is InChI=1S/C25H33FNO4P/c1-30-21-9-10-24(26)22(14-21)18-5-3-17(4-6-18)15-31-25-13-20(11-12-27-25)23(19-7-8-19)16-32(2,28)29/h9-14,17-19,23H,3-8,15-16H2,1-2H3,(H,28,29). The van der Waals surface area contributed by atoms with Gasteiger partial charge in [-0.05, 0) is 97.6 Å². The highest BCUT2D eigenvalue weighted by molar-refractivity contribution is 7.57. The van der Waals surface area contributed by atoms with E-state index >= 15 is 0 Å². The van der Waals surface area contributed by atoms with Crippen molar-refractivity contribution in [2.24, 2.45) is 11.8 Å². The summed E-state index contributed by atoms with van der Waals surface area (Å²) in [5.41, 5.74) is 1.80. The first-order valence-corrected chi connectivity index (χ1v) is 13.8. The summed E-state index contributed by atoms with van der Waals surface area (Å²) in [6.07, 6.45) is 8.09. The molecule has 7 heteroatoms. The minimum absolute atomic E-state index is 0.0920. The molecule has 2 atom stereocenters. The molecule has 2 aliphatic carbocycles. The van der Waals surface area contributed by atoms with Gasteiger partial charge in [0, 0.05) is 25.1 Å². The number of pyridine rings is 1. The number of methoxy groups -OCH3 is 1. The van der Waals surface area contributed by atoms with Crippen LogP contribution in [-0.2, 0) is 4.57 Å². The predicted molar refractivity (Wildman–Crippen MR) is 123 cm³/mol. The third-order valence-electron chi connectivity index (χ3n) is 6.87. The number of ether oxygens (including phenoxy) is 2. The van der Waals surface area contributed by atoms with Crippen LogP contribution in [-0.4, -0.2) is 36.4 Å². The Morgan fingerprint density at radius 2 is 1.91 bits per heavy atom. The first-order valence-electron chi connectivity index (χ1n) is 11.5. The van der Waals surface area contributed by atoms with Gasteiger partial charge in [-0.15, -0.1) is 0 Å². The maximum atomic E-state index is 14.3. The van der Waals surface area contributed by atoms with Gasteiger partial charge < -0.3 is 14.4 Å². The summed E-state index contributed by atoms with van der Waals surface area (Å²) in [7, 11) is -1.49. The van der Waals surface area contributed by atoms with Crippen LogP contribution in [0.15, 0.2) is 36.5 Å². The van der Waals surface area contributed by atoms with E-state index in [0.29, 0.717) is 36.2 Å². The molecule has 2 fully saturated rings. The van der Waals surface area contributed by atoms with E-state index in [2.05, 4.69) is 4.98 Å². The van der Waals surface area contributed by atoms with Crippen LogP contribution in [0.25, 0.3) is 0 Å². The Morgan fingerprint density at radius 1 is 1.16 bits per heavy atom. The summed E-state index contributed by atoms with van der Waals surface area (Å²) in [5, 5.41) is 0. The topological polar surface area (TPSA) is 68.7 Å². The van der Waals surface area contributed by atoms with Crippen molar-refractivity contribution in [3.05, 3.63) is 53.5 Å². The van der Waals surface area contributed by atoms with Crippen molar-refractivity contribution in [1.29, 1.82) is 0 Å². The van der Waals surface area contributed by atoms with E-state index in [1.54, 1.807) is 19.4 Å². The fraction of sp³-hybridized carbons (Fsp3) is 0.560. The van der Waals surface area contributed by atoms with Gasteiger partial charge in [0.15, 0.2) is 7.37 Å². The molecule has 1 heterocycles. The van der Waals surface area contributed by atoms with Crippen LogP contribution in [0.1, 0.15) is 61.5 Å². The second-order valence-corrected chi connectivity index (χ2v) is 12.0. The molecule has 5 nitrogen and oxygen atoms in total. The molecule has 174 valence electrons. The van der Waals surface area contributed by atoms with Crippen molar-refractivity contribution in [1.82, 2.24) is 4.98 Å². The monoisotopic (exact) mass is 461 g/mol. The van der Waals surface area contributed by atoms with E-state index in [9.17, 15) is 13.8 Å². The normalized spacial score (nSPS) is 23.9. The van der Waals surface area contributed by atoms with Crippen LogP contribution >= 0.6 is 7.37 Å². The maximum Gasteiger partial charge on any atom is 0.213 e. The smallest absolute Gasteiger partial charge is 0.213 e. The van der Waals surface area contributed by atoms with Crippen molar-refractivity contribution >= 4 is 7.37 Å². The third kappa shape index (κ3) is 6.11. The molecule has 2 aliphatic rings. The Balaban J connectivity index is 1.32. The predicted octanol–water partition coefficient (Wildman–Crippen LogP) is 5.98. The van der Waals surface area contributed by atoms with Gasteiger partial charge in [-0.3, -0.25) is 4.57 Å². The Kier molecular flexibility index (Phi) is 7.21. The van der Waals surface area contributed by atoms with E-state index in [1.165, 1.54) is 12.7 Å². The molecule has 0 radical (unpaired) electrons. The minimum Gasteiger partial charge on any atom is -0.497 e. The zero-order chi connectivity index (χ0) is 22.7. The van der Waals surface area contributed by atoms with Crippen molar-refractivity contribution in [3.63, 3.8) is 0 Å². The van der Waals surface area contributed by atoms with E-state index in [1.807, 2.05) is 18.2 Å². The van der Waals surface area contributed by atoms with Crippen molar-refractivity contribution in [2.75, 3.05) is 26.5 Å². The number of halogens is 1. The molecule has 32 heavy (non-hydrogen) atoms. The van der Waals surface area contributed by atoms with Crippen LogP contribution in [0.3, 0.4) is 0 Å². The molecule has 2 unspecified atom stereocenters. The van der Waals surface area contributed by atoms with Gasteiger partial charge in [-0.1, -0.05) is 0 Å². The molecule has 1 aromatic heterocycles. The number of benzene rings is 1. The summed E-state index contributed by atoms with van der Waals surface area (Å²) in [5.74, 6) is 2.33. The third-order valence-corrected chi connectivity index (χ3v) is 7.94. The number of rotatable bonds is 9. The summed E-state index contributed by atoms with van der Waals surface area (Å²) in [4.78, 5) is 14.3. The second-order valence-electron chi connectivity index (χ2n) is 9.52. The molecule has 0 amide bonds. The Hall–Kier alpha value is -1.91. The SMILES string of the molecule is COc1ccc(F)c(C2CCC(COc3cc(C(CP(C)(=O)O)C4CC4)ccn3)CC2)c1. The lowest BCUT2D eigenvalue weighted by Crippen LogP contribution is -2.20. The fourth-order valence-electron chi connectivity index (χ4n) is 4.93. The Bertz CT molecular complexity index is 966. The highest BCUT2D eigenvalue weighted by atomic mass is 31.2. The molecule has 2 aromatic rings. The van der Waals surface area contributed by atoms with E-state index in [-0.39, 0.29) is 17.7 Å². The molecular weight excluding hydrogens is 428 g/mol. The number of hydrogen-bond donors (Lipinski definition) is 1. The zero-order valence-electron chi connectivity index (χ0n) is 18.9. The lowest BCUT2D eigenvalue weighted by molar-refractivity contribution is 0.193. The summed E-state index contributed by atoms with van der Waals surface area (Å²) < 4.78 is 37.6. The summed E-state index contributed by atoms with van der Waals surface area (Å²) >= 11 is 0. The molecule has 0 saturated heterocycles. The van der Waals surface area contributed by atoms with E-state index in [0.717, 1.165) is 49.7 Å². The van der Waals surface area contributed by atoms with Crippen molar-refractivity contribution in [2.45, 2.75) is 50.4 Å². The largest absolute Gasteiger partial charge is 0.497 e. The lowest BCUT2D eigenvalue weighted by Gasteiger charge is -2.29. The zero-order valence-corrected chi connectivity index (χ0v) is 19.8. The number of aromatic nitrogens is 1. The van der Waals surface area contributed by atoms with Gasteiger partial charge in [-0.25, -0.2) is 9.37 Å². The average molecular weight is 462 g/mol. The fourth-order valence-corrected chi connectivity index (χ4v) is 6.17. The average Bonchev–Trinajstić information content (AvgIpc) is 3.62. The van der Waals surface area contributed by atoms with Gasteiger partial charge in [-0.2, -0.15) is 0 Å². The molecule has 0 aliphatic heterocycles. The number of hydrogen-bond acceptors (Lipinski definition) is 4. The number of nitrogens with zero attached hydrogens (tertiary/aromatic N) is 1. The van der Waals surface area contributed by atoms with Crippen LogP contribution < -0.4 is 9.47 Å². The quantitative estimate of drug-likeness (QED) is 0.466. The molecular formula is C25H33FNO4P. The van der Waals surface area contributed by atoms with Crippen LogP contribution in [0.2, 0.25) is 0 Å². The molecule has 1 N–H and O–H groups in total. The highest BCUT2D eigenvalue weighted by Crippen LogP contribution is 2.50. The van der Waals surface area contributed by atoms with Gasteiger partial charge in [0.2, 0.25) is 5.88 Å². The first kappa shape index (κ1) is 23.3.